The van der Waals surface area contributed by atoms with Gasteiger partial charge in [-0.05, 0) is 6.08 Å². The molecule has 1 rings (SSSR count). The minimum Gasteiger partial charge on any atom is -0.471 e. The molecule has 0 saturated carbocycles. The fraction of sp³-hybridized carbons (Fsp3) is 0.500. The summed E-state index contributed by atoms with van der Waals surface area (Å²) in [4.78, 5) is 0. The van der Waals surface area contributed by atoms with Crippen molar-refractivity contribution in [2.45, 2.75) is 11.5 Å². The second-order valence-corrected chi connectivity index (χ2v) is 1.94. The topological polar surface area (TPSA) is 29.5 Å². The average molecular weight is 118 g/mol. The zero-order valence-electron chi connectivity index (χ0n) is 3.61. The lowest BCUT2D eigenvalue weighted by atomic mass is 10.4. The molecule has 40 valence electrons. The summed E-state index contributed by atoms with van der Waals surface area (Å²) in [6.07, 6.45) is 2.40. The SMILES string of the molecule is OC1OC=CC1S. The zero-order chi connectivity index (χ0) is 5.28. The predicted molar refractivity (Wildman–Crippen MR) is 29.0 cm³/mol. The number of aliphatic hydroxyl groups is 1. The van der Waals surface area contributed by atoms with Crippen LogP contribution in [0.15, 0.2) is 12.3 Å². The lowest BCUT2D eigenvalue weighted by Gasteiger charge is -2.03. The van der Waals surface area contributed by atoms with Gasteiger partial charge >= 0.3 is 0 Å². The van der Waals surface area contributed by atoms with Gasteiger partial charge in [-0.15, -0.1) is 0 Å². The molecule has 2 nitrogen and oxygen atoms in total. The van der Waals surface area contributed by atoms with Crippen molar-refractivity contribution in [2.24, 2.45) is 0 Å². The normalized spacial score (nSPS) is 38.6. The second-order valence-electron chi connectivity index (χ2n) is 1.35. The summed E-state index contributed by atoms with van der Waals surface area (Å²) in [5.74, 6) is 0. The van der Waals surface area contributed by atoms with Crippen LogP contribution in [0.2, 0.25) is 0 Å². The smallest absolute Gasteiger partial charge is 0.211 e. The van der Waals surface area contributed by atoms with Crippen molar-refractivity contribution in [1.29, 1.82) is 0 Å². The van der Waals surface area contributed by atoms with Crippen molar-refractivity contribution in [2.75, 3.05) is 0 Å². The van der Waals surface area contributed by atoms with Gasteiger partial charge in [-0.1, -0.05) is 0 Å². The van der Waals surface area contributed by atoms with E-state index in [2.05, 4.69) is 17.4 Å². The van der Waals surface area contributed by atoms with Crippen molar-refractivity contribution in [3.05, 3.63) is 12.3 Å². The molecular formula is C4H6O2S. The maximum absolute atomic E-state index is 8.64. The van der Waals surface area contributed by atoms with Crippen LogP contribution in [-0.4, -0.2) is 16.6 Å². The van der Waals surface area contributed by atoms with Gasteiger partial charge in [-0.3, -0.25) is 0 Å². The number of hydrogen-bond acceptors (Lipinski definition) is 3. The van der Waals surface area contributed by atoms with E-state index in [0.29, 0.717) is 0 Å². The summed E-state index contributed by atoms with van der Waals surface area (Å²) in [5, 5.41) is 8.50. The molecule has 0 aromatic heterocycles. The molecule has 0 aromatic carbocycles. The number of hydrogen-bond donors (Lipinski definition) is 2. The highest BCUT2D eigenvalue weighted by Crippen LogP contribution is 2.11. The summed E-state index contributed by atoms with van der Waals surface area (Å²) in [5.41, 5.74) is 0. The Bertz CT molecular complexity index is 91.7. The Hall–Kier alpha value is -0.150. The van der Waals surface area contributed by atoms with Gasteiger partial charge in [0.2, 0.25) is 6.29 Å². The van der Waals surface area contributed by atoms with Gasteiger partial charge in [0.05, 0.1) is 11.5 Å². The van der Waals surface area contributed by atoms with E-state index in [-0.39, 0.29) is 5.25 Å². The molecule has 0 radical (unpaired) electrons. The van der Waals surface area contributed by atoms with Gasteiger partial charge in [0.1, 0.15) is 0 Å². The molecule has 2 atom stereocenters. The van der Waals surface area contributed by atoms with E-state index in [9.17, 15) is 0 Å². The molecule has 3 heteroatoms. The maximum Gasteiger partial charge on any atom is 0.211 e. The molecule has 1 aliphatic heterocycles. The lowest BCUT2D eigenvalue weighted by molar-refractivity contribution is -0.0285. The summed E-state index contributed by atoms with van der Waals surface area (Å²) < 4.78 is 4.56. The van der Waals surface area contributed by atoms with E-state index in [4.69, 9.17) is 5.11 Å². The molecule has 0 aliphatic carbocycles. The number of ether oxygens (including phenoxy) is 1. The molecule has 2 unspecified atom stereocenters. The fourth-order valence-electron chi connectivity index (χ4n) is 0.382. The Labute approximate surface area is 47.2 Å². The number of rotatable bonds is 0. The third-order valence-electron chi connectivity index (χ3n) is 0.786. The first-order valence-electron chi connectivity index (χ1n) is 1.99. The lowest BCUT2D eigenvalue weighted by Crippen LogP contribution is -2.14. The molecule has 0 aromatic rings. The van der Waals surface area contributed by atoms with Crippen molar-refractivity contribution >= 4 is 12.6 Å². The fourth-order valence-corrected chi connectivity index (χ4v) is 0.522. The van der Waals surface area contributed by atoms with Gasteiger partial charge in [0.25, 0.3) is 0 Å². The van der Waals surface area contributed by atoms with E-state index < -0.39 is 6.29 Å². The Morgan fingerprint density at radius 3 is 2.57 bits per heavy atom. The Morgan fingerprint density at radius 1 is 1.71 bits per heavy atom. The molecule has 0 spiro atoms. The quantitative estimate of drug-likeness (QED) is 0.443. The number of thiol groups is 1. The first-order valence-corrected chi connectivity index (χ1v) is 2.50. The van der Waals surface area contributed by atoms with Gasteiger partial charge in [0, 0.05) is 0 Å². The summed E-state index contributed by atoms with van der Waals surface area (Å²) in [6.45, 7) is 0. The van der Waals surface area contributed by atoms with Crippen LogP contribution in [0, 0.1) is 0 Å². The van der Waals surface area contributed by atoms with E-state index >= 15 is 0 Å². The monoisotopic (exact) mass is 118 g/mol. The largest absolute Gasteiger partial charge is 0.471 e. The van der Waals surface area contributed by atoms with Crippen LogP contribution in [0.1, 0.15) is 0 Å². The van der Waals surface area contributed by atoms with Crippen LogP contribution in [0.25, 0.3) is 0 Å². The summed E-state index contributed by atoms with van der Waals surface area (Å²) >= 11 is 3.93. The average Bonchev–Trinajstić information content (AvgIpc) is 1.91. The van der Waals surface area contributed by atoms with Crippen molar-refractivity contribution in [3.63, 3.8) is 0 Å². The van der Waals surface area contributed by atoms with E-state index in [1.807, 2.05) is 0 Å². The highest BCUT2D eigenvalue weighted by Gasteiger charge is 2.16. The van der Waals surface area contributed by atoms with Crippen LogP contribution in [0.3, 0.4) is 0 Å². The first-order chi connectivity index (χ1) is 3.30. The molecule has 1 heterocycles. The first kappa shape index (κ1) is 5.00. The van der Waals surface area contributed by atoms with Crippen LogP contribution < -0.4 is 0 Å². The Kier molecular flexibility index (Phi) is 1.25. The second kappa shape index (κ2) is 1.76. The van der Waals surface area contributed by atoms with Gasteiger partial charge in [-0.2, -0.15) is 12.6 Å². The van der Waals surface area contributed by atoms with Gasteiger partial charge in [-0.25, -0.2) is 0 Å². The third kappa shape index (κ3) is 0.894. The number of aliphatic hydroxyl groups excluding tert-OH is 1. The molecular weight excluding hydrogens is 112 g/mol. The van der Waals surface area contributed by atoms with E-state index in [1.165, 1.54) is 6.26 Å². The molecule has 0 amide bonds. The summed E-state index contributed by atoms with van der Waals surface area (Å²) in [6, 6.07) is 0. The summed E-state index contributed by atoms with van der Waals surface area (Å²) in [7, 11) is 0. The van der Waals surface area contributed by atoms with Crippen LogP contribution in [0.4, 0.5) is 0 Å². The highest BCUT2D eigenvalue weighted by atomic mass is 32.1. The van der Waals surface area contributed by atoms with Crippen LogP contribution in [-0.2, 0) is 4.74 Å². The Morgan fingerprint density at radius 2 is 2.43 bits per heavy atom. The molecule has 1 aliphatic rings. The van der Waals surface area contributed by atoms with Crippen molar-refractivity contribution in [1.82, 2.24) is 0 Å². The molecule has 7 heavy (non-hydrogen) atoms. The predicted octanol–water partition coefficient (Wildman–Crippen LogP) is 0.147. The third-order valence-corrected chi connectivity index (χ3v) is 1.21. The Balaban J connectivity index is 2.45. The van der Waals surface area contributed by atoms with Crippen molar-refractivity contribution in [3.8, 4) is 0 Å². The molecule has 1 N–H and O–H groups in total. The van der Waals surface area contributed by atoms with E-state index in [0.717, 1.165) is 0 Å². The minimum atomic E-state index is -0.733. The van der Waals surface area contributed by atoms with Crippen molar-refractivity contribution < 1.29 is 9.84 Å². The van der Waals surface area contributed by atoms with Crippen LogP contribution >= 0.6 is 12.6 Å². The van der Waals surface area contributed by atoms with Gasteiger partial charge in [0.15, 0.2) is 0 Å². The molecule has 0 fully saturated rings. The maximum atomic E-state index is 8.64. The van der Waals surface area contributed by atoms with Crippen LogP contribution in [0.5, 0.6) is 0 Å². The molecule has 0 bridgehead atoms. The minimum absolute atomic E-state index is 0.139. The van der Waals surface area contributed by atoms with E-state index in [1.54, 1.807) is 6.08 Å². The van der Waals surface area contributed by atoms with Gasteiger partial charge < -0.3 is 9.84 Å². The molecule has 0 saturated heterocycles. The standard InChI is InChI=1S/C4H6O2S/c5-4-3(7)1-2-6-4/h1-5,7H. The zero-order valence-corrected chi connectivity index (χ0v) is 4.51. The highest BCUT2D eigenvalue weighted by molar-refractivity contribution is 7.81.